The van der Waals surface area contributed by atoms with Crippen LogP contribution in [0.1, 0.15) is 37.1 Å². The highest BCUT2D eigenvalue weighted by atomic mass is 32.1. The number of methoxy groups -OCH3 is 1. The van der Waals surface area contributed by atoms with Gasteiger partial charge in [-0.25, -0.2) is 0 Å². The average Bonchev–Trinajstić information content (AvgIpc) is 2.74. The van der Waals surface area contributed by atoms with Crippen LogP contribution in [0.5, 0.6) is 5.75 Å². The Kier molecular flexibility index (Phi) is 4.25. The largest absolute Gasteiger partial charge is 0.495 e. The normalized spacial score (nSPS) is 11.4. The van der Waals surface area contributed by atoms with Crippen LogP contribution in [0.3, 0.4) is 0 Å². The molecule has 0 atom stereocenters. The maximum absolute atomic E-state index is 5.47. The molecule has 0 saturated heterocycles. The molecular formula is C15H21NOS. The van der Waals surface area contributed by atoms with Gasteiger partial charge in [-0.05, 0) is 29.5 Å². The highest BCUT2D eigenvalue weighted by Gasteiger charge is 2.16. The summed E-state index contributed by atoms with van der Waals surface area (Å²) >= 11 is 1.86. The molecule has 0 bridgehead atoms. The summed E-state index contributed by atoms with van der Waals surface area (Å²) in [5.41, 5.74) is 1.47. The standard InChI is InChI=1S/C15H21NOS/c1-5-16-9-13-14(10(2)3)11-7-6-8-12(17-4)15(11)18-13/h6-8,10,16H,5,9H2,1-4H3. The first-order chi connectivity index (χ1) is 8.69. The highest BCUT2D eigenvalue weighted by molar-refractivity contribution is 7.19. The van der Waals surface area contributed by atoms with E-state index in [1.165, 1.54) is 20.5 Å². The zero-order valence-electron chi connectivity index (χ0n) is 11.5. The van der Waals surface area contributed by atoms with Crippen LogP contribution in [-0.4, -0.2) is 13.7 Å². The predicted molar refractivity (Wildman–Crippen MR) is 79.8 cm³/mol. The quantitative estimate of drug-likeness (QED) is 0.875. The molecule has 3 heteroatoms. The fourth-order valence-electron chi connectivity index (χ4n) is 2.33. The number of nitrogens with one attached hydrogen (secondary N) is 1. The van der Waals surface area contributed by atoms with Gasteiger partial charge >= 0.3 is 0 Å². The fourth-order valence-corrected chi connectivity index (χ4v) is 3.74. The van der Waals surface area contributed by atoms with Gasteiger partial charge in [-0.2, -0.15) is 0 Å². The Morgan fingerprint density at radius 2 is 2.11 bits per heavy atom. The second kappa shape index (κ2) is 5.72. The van der Waals surface area contributed by atoms with Crippen molar-refractivity contribution >= 4 is 21.4 Å². The van der Waals surface area contributed by atoms with E-state index in [1.807, 2.05) is 17.4 Å². The average molecular weight is 263 g/mol. The molecule has 0 spiro atoms. The molecule has 0 fully saturated rings. The van der Waals surface area contributed by atoms with Crippen LogP contribution in [-0.2, 0) is 6.54 Å². The predicted octanol–water partition coefficient (Wildman–Crippen LogP) is 4.14. The summed E-state index contributed by atoms with van der Waals surface area (Å²) in [5.74, 6) is 1.53. The lowest BCUT2D eigenvalue weighted by atomic mass is 9.99. The van der Waals surface area contributed by atoms with Gasteiger partial charge in [-0.15, -0.1) is 11.3 Å². The molecule has 1 N–H and O–H groups in total. The van der Waals surface area contributed by atoms with Crippen molar-refractivity contribution in [3.63, 3.8) is 0 Å². The molecule has 0 aliphatic carbocycles. The van der Waals surface area contributed by atoms with Gasteiger partial charge in [0.2, 0.25) is 0 Å². The van der Waals surface area contributed by atoms with E-state index in [2.05, 4.69) is 38.2 Å². The van der Waals surface area contributed by atoms with Crippen molar-refractivity contribution < 1.29 is 4.74 Å². The highest BCUT2D eigenvalue weighted by Crippen LogP contribution is 2.40. The lowest BCUT2D eigenvalue weighted by molar-refractivity contribution is 0.420. The van der Waals surface area contributed by atoms with E-state index in [1.54, 1.807) is 7.11 Å². The topological polar surface area (TPSA) is 21.3 Å². The van der Waals surface area contributed by atoms with E-state index in [0.29, 0.717) is 5.92 Å². The second-order valence-electron chi connectivity index (χ2n) is 4.71. The van der Waals surface area contributed by atoms with Gasteiger partial charge in [0, 0.05) is 11.4 Å². The number of hydrogen-bond acceptors (Lipinski definition) is 3. The van der Waals surface area contributed by atoms with E-state index in [4.69, 9.17) is 4.74 Å². The molecule has 2 aromatic rings. The first-order valence-electron chi connectivity index (χ1n) is 6.48. The van der Waals surface area contributed by atoms with Crippen molar-refractivity contribution in [1.82, 2.24) is 5.32 Å². The fraction of sp³-hybridized carbons (Fsp3) is 0.467. The van der Waals surface area contributed by atoms with Crippen LogP contribution < -0.4 is 10.1 Å². The van der Waals surface area contributed by atoms with Gasteiger partial charge in [0.25, 0.3) is 0 Å². The Balaban J connectivity index is 2.59. The van der Waals surface area contributed by atoms with Gasteiger partial charge < -0.3 is 10.1 Å². The summed E-state index contributed by atoms with van der Waals surface area (Å²) in [7, 11) is 1.74. The number of benzene rings is 1. The smallest absolute Gasteiger partial charge is 0.136 e. The van der Waals surface area contributed by atoms with Crippen LogP contribution >= 0.6 is 11.3 Å². The van der Waals surface area contributed by atoms with Gasteiger partial charge in [0.05, 0.1) is 11.8 Å². The van der Waals surface area contributed by atoms with E-state index >= 15 is 0 Å². The van der Waals surface area contributed by atoms with E-state index in [0.717, 1.165) is 18.8 Å². The van der Waals surface area contributed by atoms with Crippen LogP contribution in [0.2, 0.25) is 0 Å². The third-order valence-electron chi connectivity index (χ3n) is 3.13. The molecule has 1 heterocycles. The van der Waals surface area contributed by atoms with Crippen LogP contribution in [0.15, 0.2) is 18.2 Å². The Bertz CT molecular complexity index is 531. The molecule has 98 valence electrons. The molecule has 0 amide bonds. The van der Waals surface area contributed by atoms with Crippen LogP contribution in [0, 0.1) is 0 Å². The number of hydrogen-bond donors (Lipinski definition) is 1. The van der Waals surface area contributed by atoms with Crippen molar-refractivity contribution in [3.8, 4) is 5.75 Å². The van der Waals surface area contributed by atoms with Gasteiger partial charge in [0.15, 0.2) is 0 Å². The summed E-state index contributed by atoms with van der Waals surface area (Å²) in [6, 6.07) is 6.33. The van der Waals surface area contributed by atoms with Crippen LogP contribution in [0.4, 0.5) is 0 Å². The lowest BCUT2D eigenvalue weighted by Gasteiger charge is -2.08. The third kappa shape index (κ3) is 2.38. The Hall–Kier alpha value is -1.06. The maximum Gasteiger partial charge on any atom is 0.136 e. The summed E-state index contributed by atoms with van der Waals surface area (Å²) in [4.78, 5) is 1.44. The van der Waals surface area contributed by atoms with Crippen molar-refractivity contribution in [2.24, 2.45) is 0 Å². The summed E-state index contributed by atoms with van der Waals surface area (Å²) in [5, 5.41) is 4.78. The molecule has 0 aliphatic heterocycles. The minimum Gasteiger partial charge on any atom is -0.495 e. The SMILES string of the molecule is CCNCc1sc2c(OC)cccc2c1C(C)C. The molecule has 1 aromatic heterocycles. The molecule has 2 nitrogen and oxygen atoms in total. The van der Waals surface area contributed by atoms with E-state index < -0.39 is 0 Å². The monoisotopic (exact) mass is 263 g/mol. The molecule has 18 heavy (non-hydrogen) atoms. The van der Waals surface area contributed by atoms with Gasteiger partial charge in [0.1, 0.15) is 5.75 Å². The molecule has 0 unspecified atom stereocenters. The molecule has 0 radical (unpaired) electrons. The Morgan fingerprint density at radius 3 is 2.72 bits per heavy atom. The zero-order valence-corrected chi connectivity index (χ0v) is 12.4. The first-order valence-corrected chi connectivity index (χ1v) is 7.29. The molecule has 0 saturated carbocycles. The van der Waals surface area contributed by atoms with Crippen molar-refractivity contribution in [2.75, 3.05) is 13.7 Å². The number of fused-ring (bicyclic) bond motifs is 1. The molecule has 0 aliphatic rings. The number of rotatable bonds is 5. The van der Waals surface area contributed by atoms with Gasteiger partial charge in [-0.1, -0.05) is 32.9 Å². The van der Waals surface area contributed by atoms with Crippen molar-refractivity contribution in [2.45, 2.75) is 33.2 Å². The summed E-state index contributed by atoms with van der Waals surface area (Å²) in [6.07, 6.45) is 0. The Labute approximate surface area is 113 Å². The van der Waals surface area contributed by atoms with Gasteiger partial charge in [-0.3, -0.25) is 0 Å². The maximum atomic E-state index is 5.47. The number of ether oxygens (including phenoxy) is 1. The van der Waals surface area contributed by atoms with E-state index in [9.17, 15) is 0 Å². The molecular weight excluding hydrogens is 242 g/mol. The molecule has 2 rings (SSSR count). The first kappa shape index (κ1) is 13.4. The number of thiophene rings is 1. The molecule has 1 aromatic carbocycles. The Morgan fingerprint density at radius 1 is 1.33 bits per heavy atom. The summed E-state index contributed by atoms with van der Waals surface area (Å²) < 4.78 is 6.74. The minimum absolute atomic E-state index is 0.541. The van der Waals surface area contributed by atoms with E-state index in [-0.39, 0.29) is 0 Å². The van der Waals surface area contributed by atoms with Crippen LogP contribution in [0.25, 0.3) is 10.1 Å². The zero-order chi connectivity index (χ0) is 13.1. The van der Waals surface area contributed by atoms with Crippen molar-refractivity contribution in [3.05, 3.63) is 28.6 Å². The summed E-state index contributed by atoms with van der Waals surface area (Å²) in [6.45, 7) is 8.62. The minimum atomic E-state index is 0.541. The van der Waals surface area contributed by atoms with Crippen molar-refractivity contribution in [1.29, 1.82) is 0 Å². The third-order valence-corrected chi connectivity index (χ3v) is 4.36. The second-order valence-corrected chi connectivity index (χ2v) is 5.82. The lowest BCUT2D eigenvalue weighted by Crippen LogP contribution is -2.12.